The third-order valence-electron chi connectivity index (χ3n) is 4.09. The van der Waals surface area contributed by atoms with Crippen LogP contribution in [0.4, 0.5) is 0 Å². The average molecular weight is 287 g/mol. The number of carbonyl (C=O) groups is 2. The standard InChI is InChI=1S/C15H17N3O3/c1-3-9-5-4-6-10-13(9)17(2)15(21)18(10)11-7-8-12(19)16-14(11)20/h4-6,11H,3,7-8H2,1-2H3,(H,16,19,20)/t11-/m0/s1. The van der Waals surface area contributed by atoms with Gasteiger partial charge in [0.05, 0.1) is 11.0 Å². The van der Waals surface area contributed by atoms with Gasteiger partial charge < -0.3 is 0 Å². The maximum Gasteiger partial charge on any atom is 0.329 e. The van der Waals surface area contributed by atoms with Crippen LogP contribution >= 0.6 is 0 Å². The van der Waals surface area contributed by atoms with Crippen LogP contribution < -0.4 is 11.0 Å². The van der Waals surface area contributed by atoms with E-state index in [1.165, 1.54) is 4.57 Å². The van der Waals surface area contributed by atoms with Gasteiger partial charge in [-0.15, -0.1) is 0 Å². The lowest BCUT2D eigenvalue weighted by atomic mass is 10.1. The molecule has 21 heavy (non-hydrogen) atoms. The molecule has 2 amide bonds. The molecular formula is C15H17N3O3. The lowest BCUT2D eigenvalue weighted by Gasteiger charge is -2.21. The highest BCUT2D eigenvalue weighted by Gasteiger charge is 2.31. The molecule has 1 aromatic heterocycles. The number of aromatic nitrogens is 2. The number of nitrogens with one attached hydrogen (secondary N) is 1. The Labute approximate surface area is 121 Å². The summed E-state index contributed by atoms with van der Waals surface area (Å²) in [5, 5.41) is 2.31. The molecule has 1 fully saturated rings. The first-order valence-corrected chi connectivity index (χ1v) is 7.07. The minimum Gasteiger partial charge on any atom is -0.295 e. The molecule has 0 bridgehead atoms. The molecule has 1 N–H and O–H groups in total. The maximum absolute atomic E-state index is 12.5. The van der Waals surface area contributed by atoms with Gasteiger partial charge in [-0.3, -0.25) is 24.0 Å². The van der Waals surface area contributed by atoms with E-state index < -0.39 is 11.9 Å². The van der Waals surface area contributed by atoms with Crippen molar-refractivity contribution >= 4 is 22.8 Å². The van der Waals surface area contributed by atoms with Crippen molar-refractivity contribution in [2.24, 2.45) is 7.05 Å². The van der Waals surface area contributed by atoms with Crippen molar-refractivity contribution in [1.82, 2.24) is 14.5 Å². The van der Waals surface area contributed by atoms with Crippen LogP contribution in [0.3, 0.4) is 0 Å². The highest BCUT2D eigenvalue weighted by Crippen LogP contribution is 2.24. The molecule has 0 spiro atoms. The molecule has 1 aromatic carbocycles. The van der Waals surface area contributed by atoms with Crippen molar-refractivity contribution in [3.63, 3.8) is 0 Å². The molecule has 0 saturated carbocycles. The Kier molecular flexibility index (Phi) is 3.16. The number of hydrogen-bond donors (Lipinski definition) is 1. The molecular weight excluding hydrogens is 270 g/mol. The predicted molar refractivity (Wildman–Crippen MR) is 78.0 cm³/mol. The number of imidazole rings is 1. The Morgan fingerprint density at radius 3 is 2.71 bits per heavy atom. The molecule has 2 heterocycles. The summed E-state index contributed by atoms with van der Waals surface area (Å²) in [6.45, 7) is 2.03. The first-order valence-electron chi connectivity index (χ1n) is 7.07. The summed E-state index contributed by atoms with van der Waals surface area (Å²) in [6, 6.07) is 5.10. The monoisotopic (exact) mass is 287 g/mol. The molecule has 1 saturated heterocycles. The van der Waals surface area contributed by atoms with Gasteiger partial charge in [-0.25, -0.2) is 4.79 Å². The summed E-state index contributed by atoms with van der Waals surface area (Å²) in [7, 11) is 1.71. The largest absolute Gasteiger partial charge is 0.329 e. The number of hydrogen-bond acceptors (Lipinski definition) is 3. The fourth-order valence-electron chi connectivity index (χ4n) is 3.03. The highest BCUT2D eigenvalue weighted by atomic mass is 16.2. The fraction of sp³-hybridized carbons (Fsp3) is 0.400. The molecule has 6 heteroatoms. The van der Waals surface area contributed by atoms with Crippen LogP contribution in [-0.4, -0.2) is 20.9 Å². The van der Waals surface area contributed by atoms with E-state index >= 15 is 0 Å². The van der Waals surface area contributed by atoms with Crippen LogP contribution in [0, 0.1) is 0 Å². The fourth-order valence-corrected chi connectivity index (χ4v) is 3.03. The van der Waals surface area contributed by atoms with Gasteiger partial charge in [0.1, 0.15) is 6.04 Å². The molecule has 6 nitrogen and oxygen atoms in total. The maximum atomic E-state index is 12.5. The predicted octanol–water partition coefficient (Wildman–Crippen LogP) is 0.880. The first-order chi connectivity index (χ1) is 10.0. The Morgan fingerprint density at radius 2 is 2.05 bits per heavy atom. The molecule has 2 aromatic rings. The van der Waals surface area contributed by atoms with Crippen LogP contribution in [0.15, 0.2) is 23.0 Å². The highest BCUT2D eigenvalue weighted by molar-refractivity contribution is 6.00. The number of amides is 2. The van der Waals surface area contributed by atoms with Crippen LogP contribution in [-0.2, 0) is 23.1 Å². The number of aryl methyl sites for hydroxylation is 2. The van der Waals surface area contributed by atoms with Crippen LogP contribution in [0.5, 0.6) is 0 Å². The van der Waals surface area contributed by atoms with Crippen LogP contribution in [0.1, 0.15) is 31.4 Å². The summed E-state index contributed by atoms with van der Waals surface area (Å²) < 4.78 is 3.09. The molecule has 1 aliphatic rings. The molecule has 0 unspecified atom stereocenters. The zero-order valence-electron chi connectivity index (χ0n) is 12.0. The molecule has 3 rings (SSSR count). The lowest BCUT2D eigenvalue weighted by molar-refractivity contribution is -0.135. The number of piperidine rings is 1. The van der Waals surface area contributed by atoms with Crippen LogP contribution in [0.2, 0.25) is 0 Å². The van der Waals surface area contributed by atoms with Crippen molar-refractivity contribution in [2.45, 2.75) is 32.2 Å². The Bertz CT molecular complexity index is 800. The minimum atomic E-state index is -0.619. The third kappa shape index (κ3) is 1.98. The summed E-state index contributed by atoms with van der Waals surface area (Å²) in [6.07, 6.45) is 1.43. The number of fused-ring (bicyclic) bond motifs is 1. The van der Waals surface area contributed by atoms with E-state index in [0.29, 0.717) is 6.42 Å². The lowest BCUT2D eigenvalue weighted by Crippen LogP contribution is -2.44. The first kappa shape index (κ1) is 13.6. The normalized spacial score (nSPS) is 19.0. The Morgan fingerprint density at radius 1 is 1.29 bits per heavy atom. The third-order valence-corrected chi connectivity index (χ3v) is 4.09. The second kappa shape index (κ2) is 4.87. The quantitative estimate of drug-likeness (QED) is 0.833. The number of rotatable bonds is 2. The van der Waals surface area contributed by atoms with Gasteiger partial charge in [0.15, 0.2) is 0 Å². The Hall–Kier alpha value is -2.37. The number of imide groups is 1. The smallest absolute Gasteiger partial charge is 0.295 e. The van der Waals surface area contributed by atoms with Crippen molar-refractivity contribution in [3.05, 3.63) is 34.2 Å². The van der Waals surface area contributed by atoms with Crippen LogP contribution in [0.25, 0.3) is 11.0 Å². The molecule has 0 radical (unpaired) electrons. The van der Waals surface area contributed by atoms with Gasteiger partial charge in [-0.2, -0.15) is 0 Å². The molecule has 1 aliphatic heterocycles. The summed E-state index contributed by atoms with van der Waals surface area (Å²) in [5.41, 5.74) is 2.45. The van der Waals surface area contributed by atoms with E-state index in [2.05, 4.69) is 5.32 Å². The minimum absolute atomic E-state index is 0.222. The summed E-state index contributed by atoms with van der Waals surface area (Å²) >= 11 is 0. The number of carbonyl (C=O) groups excluding carboxylic acids is 2. The van der Waals surface area contributed by atoms with Gasteiger partial charge in [0.25, 0.3) is 0 Å². The Balaban J connectivity index is 2.24. The summed E-state index contributed by atoms with van der Waals surface area (Å²) in [4.78, 5) is 35.9. The van der Waals surface area contributed by atoms with E-state index in [9.17, 15) is 14.4 Å². The van der Waals surface area contributed by atoms with Gasteiger partial charge in [0.2, 0.25) is 11.8 Å². The van der Waals surface area contributed by atoms with Gasteiger partial charge in [-0.05, 0) is 24.5 Å². The molecule has 110 valence electrons. The topological polar surface area (TPSA) is 73.1 Å². The van der Waals surface area contributed by atoms with Crippen molar-refractivity contribution < 1.29 is 9.59 Å². The van der Waals surface area contributed by atoms with Crippen molar-refractivity contribution in [3.8, 4) is 0 Å². The average Bonchev–Trinajstić information content (AvgIpc) is 2.72. The van der Waals surface area contributed by atoms with Gasteiger partial charge in [-0.1, -0.05) is 19.1 Å². The van der Waals surface area contributed by atoms with E-state index in [4.69, 9.17) is 0 Å². The number of para-hydroxylation sites is 1. The molecule has 1 atom stereocenters. The second-order valence-corrected chi connectivity index (χ2v) is 5.32. The number of benzene rings is 1. The van der Waals surface area contributed by atoms with E-state index in [-0.39, 0.29) is 18.0 Å². The second-order valence-electron chi connectivity index (χ2n) is 5.32. The molecule has 0 aliphatic carbocycles. The zero-order chi connectivity index (χ0) is 15.1. The van der Waals surface area contributed by atoms with Gasteiger partial charge >= 0.3 is 5.69 Å². The van der Waals surface area contributed by atoms with Crippen molar-refractivity contribution in [2.75, 3.05) is 0 Å². The van der Waals surface area contributed by atoms with E-state index in [1.54, 1.807) is 11.6 Å². The zero-order valence-corrected chi connectivity index (χ0v) is 12.0. The SMILES string of the molecule is CCc1cccc2c1n(C)c(=O)n2[C@H]1CCC(=O)NC1=O. The number of nitrogens with zero attached hydrogens (tertiary/aromatic N) is 2. The van der Waals surface area contributed by atoms with E-state index in [0.717, 1.165) is 23.0 Å². The van der Waals surface area contributed by atoms with E-state index in [1.807, 2.05) is 25.1 Å². The van der Waals surface area contributed by atoms with Gasteiger partial charge in [0, 0.05) is 13.5 Å². The summed E-state index contributed by atoms with van der Waals surface area (Å²) in [5.74, 6) is -0.679. The van der Waals surface area contributed by atoms with Crippen molar-refractivity contribution in [1.29, 1.82) is 0 Å².